The van der Waals surface area contributed by atoms with Crippen LogP contribution in [0.1, 0.15) is 20.7 Å². The summed E-state index contributed by atoms with van der Waals surface area (Å²) in [5.41, 5.74) is 0.587. The van der Waals surface area contributed by atoms with Crippen LogP contribution in [0.4, 0.5) is 5.69 Å². The first kappa shape index (κ1) is 16.6. The van der Waals surface area contributed by atoms with Crippen molar-refractivity contribution in [2.24, 2.45) is 0 Å². The number of quaternary nitrogens is 1. The number of nitrogens with one attached hydrogen (secondary N) is 1. The molecule has 0 aliphatic carbocycles. The van der Waals surface area contributed by atoms with Crippen LogP contribution in [-0.4, -0.2) is 23.6 Å². The van der Waals surface area contributed by atoms with Crippen LogP contribution >= 0.6 is 22.6 Å². The highest BCUT2D eigenvalue weighted by atomic mass is 127. The zero-order valence-corrected chi connectivity index (χ0v) is 13.4. The third-order valence-electron chi connectivity index (χ3n) is 2.86. The van der Waals surface area contributed by atoms with Gasteiger partial charge >= 0.3 is 5.97 Å². The van der Waals surface area contributed by atoms with E-state index in [0.29, 0.717) is 9.13 Å². The Morgan fingerprint density at radius 1 is 1.14 bits per heavy atom. The Balaban J connectivity index is 2.04. The zero-order chi connectivity index (χ0) is 16.1. The number of rotatable bonds is 5. The van der Waals surface area contributed by atoms with Crippen LogP contribution < -0.4 is 5.23 Å². The number of carbonyl (C=O) groups is 2. The largest absolute Gasteiger partial charge is 0.595 e. The monoisotopic (exact) mass is 413 g/mol. The summed E-state index contributed by atoms with van der Waals surface area (Å²) >= 11 is 1.88. The number of hydrogen-bond donors (Lipinski definition) is 2. The number of esters is 1. The first-order valence-corrected chi connectivity index (χ1v) is 7.35. The van der Waals surface area contributed by atoms with Crippen LogP contribution in [0, 0.1) is 8.78 Å². The molecule has 0 saturated carbocycles. The molecule has 1 unspecified atom stereocenters. The quantitative estimate of drug-likeness (QED) is 0.337. The average Bonchev–Trinajstić information content (AvgIpc) is 2.53. The molecule has 0 aliphatic rings. The third-order valence-corrected chi connectivity index (χ3v) is 3.80. The second kappa shape index (κ2) is 7.45. The molecule has 114 valence electrons. The van der Waals surface area contributed by atoms with E-state index >= 15 is 0 Å². The summed E-state index contributed by atoms with van der Waals surface area (Å²) in [5.74, 6) is -1.05. The fourth-order valence-electron chi connectivity index (χ4n) is 1.73. The van der Waals surface area contributed by atoms with E-state index in [1.807, 2.05) is 22.6 Å². The fourth-order valence-corrected chi connectivity index (χ4v) is 2.30. The topological polar surface area (TPSA) is 91.1 Å². The van der Waals surface area contributed by atoms with Gasteiger partial charge in [-0.3, -0.25) is 4.79 Å². The predicted molar refractivity (Wildman–Crippen MR) is 86.0 cm³/mol. The standard InChI is InChI=1S/C15H12INO5/c16-12-7-6-11(8-13(12)17(20)21)14(18)9-22-15(19)10-4-2-1-3-5-10/h1-8,17,20H,9H2. The van der Waals surface area contributed by atoms with Gasteiger partial charge in [-0.1, -0.05) is 18.2 Å². The molecule has 7 heteroatoms. The fraction of sp³-hybridized carbons (Fsp3) is 0.0667. The van der Waals surface area contributed by atoms with Crippen molar-refractivity contribution >= 4 is 40.0 Å². The highest BCUT2D eigenvalue weighted by Crippen LogP contribution is 2.16. The van der Waals surface area contributed by atoms with Gasteiger partial charge in [0.1, 0.15) is 0 Å². The van der Waals surface area contributed by atoms with Crippen molar-refractivity contribution in [3.63, 3.8) is 0 Å². The van der Waals surface area contributed by atoms with Crippen LogP contribution in [0.5, 0.6) is 0 Å². The van der Waals surface area contributed by atoms with E-state index in [1.165, 1.54) is 18.2 Å². The lowest BCUT2D eigenvalue weighted by molar-refractivity contribution is -0.991. The van der Waals surface area contributed by atoms with Gasteiger partial charge in [-0.05, 0) is 46.9 Å². The maximum atomic E-state index is 12.0. The first-order chi connectivity index (χ1) is 10.5. The van der Waals surface area contributed by atoms with Gasteiger partial charge in [-0.2, -0.15) is 5.23 Å². The van der Waals surface area contributed by atoms with Crippen molar-refractivity contribution in [3.05, 3.63) is 68.4 Å². The highest BCUT2D eigenvalue weighted by Gasteiger charge is 2.15. The molecule has 0 spiro atoms. The lowest BCUT2D eigenvalue weighted by Crippen LogP contribution is -2.99. The summed E-state index contributed by atoms with van der Waals surface area (Å²) in [4.78, 5) is 23.7. The molecule has 0 bridgehead atoms. The summed E-state index contributed by atoms with van der Waals surface area (Å²) in [6, 6.07) is 12.6. The molecule has 0 heterocycles. The van der Waals surface area contributed by atoms with Gasteiger partial charge in [-0.25, -0.2) is 10.0 Å². The van der Waals surface area contributed by atoms with E-state index in [-0.39, 0.29) is 11.3 Å². The minimum absolute atomic E-state index is 0.0424. The van der Waals surface area contributed by atoms with Gasteiger partial charge in [0.15, 0.2) is 12.3 Å². The van der Waals surface area contributed by atoms with Crippen molar-refractivity contribution in [3.8, 4) is 0 Å². The summed E-state index contributed by atoms with van der Waals surface area (Å²) in [6.45, 7) is -0.437. The summed E-state index contributed by atoms with van der Waals surface area (Å²) < 4.78 is 5.47. The van der Waals surface area contributed by atoms with Gasteiger partial charge in [-0.15, -0.1) is 0 Å². The Morgan fingerprint density at radius 3 is 2.45 bits per heavy atom. The number of ether oxygens (including phenoxy) is 1. The maximum Gasteiger partial charge on any atom is 0.338 e. The van der Waals surface area contributed by atoms with Crippen LogP contribution in [-0.2, 0) is 4.74 Å². The van der Waals surface area contributed by atoms with Crippen molar-refractivity contribution < 1.29 is 24.8 Å². The lowest BCUT2D eigenvalue weighted by atomic mass is 10.1. The van der Waals surface area contributed by atoms with E-state index in [9.17, 15) is 14.8 Å². The highest BCUT2D eigenvalue weighted by molar-refractivity contribution is 14.1. The first-order valence-electron chi connectivity index (χ1n) is 6.27. The molecule has 2 aromatic carbocycles. The smallest absolute Gasteiger partial charge is 0.338 e. The van der Waals surface area contributed by atoms with Gasteiger partial charge < -0.3 is 9.94 Å². The average molecular weight is 413 g/mol. The Morgan fingerprint density at radius 2 is 1.82 bits per heavy atom. The molecule has 1 atom stereocenters. The van der Waals surface area contributed by atoms with Crippen molar-refractivity contribution in [2.45, 2.75) is 0 Å². The Labute approximate surface area is 140 Å². The lowest BCUT2D eigenvalue weighted by Gasteiger charge is -2.14. The maximum absolute atomic E-state index is 12.0. The summed E-state index contributed by atoms with van der Waals surface area (Å²) in [6.07, 6.45) is 0. The van der Waals surface area contributed by atoms with Crippen LogP contribution in [0.25, 0.3) is 0 Å². The second-order valence-corrected chi connectivity index (χ2v) is 5.53. The molecular weight excluding hydrogens is 401 g/mol. The number of halogens is 1. The number of Topliss-reactive ketones (excluding diaryl/α,β-unsaturated/α-hetero) is 1. The summed E-state index contributed by atoms with van der Waals surface area (Å²) in [5, 5.41) is 19.0. The number of ketones is 1. The van der Waals surface area contributed by atoms with E-state index in [2.05, 4.69) is 0 Å². The molecule has 0 aromatic heterocycles. The van der Waals surface area contributed by atoms with Gasteiger partial charge in [0.05, 0.1) is 9.13 Å². The summed E-state index contributed by atoms with van der Waals surface area (Å²) in [7, 11) is 0. The Kier molecular flexibility index (Phi) is 5.61. The molecule has 0 aliphatic heterocycles. The number of hydrogen-bond acceptors (Lipinski definition) is 5. The molecule has 0 fully saturated rings. The molecule has 6 nitrogen and oxygen atoms in total. The normalized spacial score (nSPS) is 11.8. The zero-order valence-electron chi connectivity index (χ0n) is 11.3. The Bertz CT molecular complexity index is 688. The van der Waals surface area contributed by atoms with E-state index in [4.69, 9.17) is 9.94 Å². The van der Waals surface area contributed by atoms with E-state index < -0.39 is 23.6 Å². The minimum atomic E-state index is -1.11. The number of benzene rings is 2. The Hall–Kier alpha value is -1.81. The van der Waals surface area contributed by atoms with Crippen LogP contribution in [0.2, 0.25) is 0 Å². The third kappa shape index (κ3) is 4.10. The predicted octanol–water partition coefficient (Wildman–Crippen LogP) is 1.73. The molecule has 0 amide bonds. The van der Waals surface area contributed by atoms with Gasteiger partial charge in [0.25, 0.3) is 0 Å². The van der Waals surface area contributed by atoms with Crippen LogP contribution in [0.3, 0.4) is 0 Å². The van der Waals surface area contributed by atoms with E-state index in [0.717, 1.165) is 0 Å². The second-order valence-electron chi connectivity index (χ2n) is 4.37. The van der Waals surface area contributed by atoms with Crippen LogP contribution in [0.15, 0.2) is 48.5 Å². The molecule has 0 radical (unpaired) electrons. The number of carbonyl (C=O) groups excluding carboxylic acids is 2. The SMILES string of the molecule is O=C(COC(=O)c1ccccc1)c1ccc(I)c([NH+]([O-])O)c1. The van der Waals surface area contributed by atoms with Crippen molar-refractivity contribution in [1.29, 1.82) is 0 Å². The molecule has 22 heavy (non-hydrogen) atoms. The van der Waals surface area contributed by atoms with Crippen molar-refractivity contribution in [2.75, 3.05) is 6.61 Å². The van der Waals surface area contributed by atoms with E-state index in [1.54, 1.807) is 30.3 Å². The molecule has 2 aromatic rings. The molecule has 0 saturated heterocycles. The minimum Gasteiger partial charge on any atom is -0.595 e. The molecule has 2 rings (SSSR count). The molecular formula is C15H12INO5. The van der Waals surface area contributed by atoms with Crippen molar-refractivity contribution in [1.82, 2.24) is 0 Å². The van der Waals surface area contributed by atoms with Gasteiger partial charge in [0.2, 0.25) is 5.78 Å². The molecule has 2 N–H and O–H groups in total. The van der Waals surface area contributed by atoms with Gasteiger partial charge in [0, 0.05) is 11.6 Å².